The molecule has 1 N–H and O–H groups in total. The fraction of sp³-hybridized carbons (Fsp3) is 0. The normalized spacial score (nSPS) is 11.0. The van der Waals surface area contributed by atoms with Gasteiger partial charge in [0.15, 0.2) is 11.2 Å². The van der Waals surface area contributed by atoms with Crippen LogP contribution >= 0.6 is 0 Å². The van der Waals surface area contributed by atoms with Crippen LogP contribution in [0.5, 0.6) is 0 Å². The van der Waals surface area contributed by atoms with Gasteiger partial charge >= 0.3 is 0 Å². The van der Waals surface area contributed by atoms with Crippen molar-refractivity contribution in [2.24, 2.45) is 0 Å². The van der Waals surface area contributed by atoms with Gasteiger partial charge in [0.25, 0.3) is 5.69 Å². The average molecular weight is 386 g/mol. The van der Waals surface area contributed by atoms with E-state index in [2.05, 4.69) is 15.3 Å². The van der Waals surface area contributed by atoms with Gasteiger partial charge in [-0.1, -0.05) is 12.1 Å². The van der Waals surface area contributed by atoms with Gasteiger partial charge < -0.3 is 9.73 Å². The molecule has 0 atom stereocenters. The number of hydrogen-bond donors (Lipinski definition) is 1. The lowest BCUT2D eigenvalue weighted by atomic mass is 10.2. The minimum Gasteiger partial charge on any atom is -0.434 e. The Morgan fingerprint density at radius 2 is 1.93 bits per heavy atom. The summed E-state index contributed by atoms with van der Waals surface area (Å²) in [5, 5.41) is 13.5. The van der Waals surface area contributed by atoms with Crippen LogP contribution in [0.2, 0.25) is 0 Å². The number of nitrogens with one attached hydrogen (secondary N) is 1. The van der Waals surface area contributed by atoms with Crippen molar-refractivity contribution in [1.82, 2.24) is 9.97 Å². The van der Waals surface area contributed by atoms with Crippen molar-refractivity contribution in [3.8, 4) is 11.5 Å². The number of aromatic nitrogens is 2. The summed E-state index contributed by atoms with van der Waals surface area (Å²) in [5.74, 6) is 0.0949. The van der Waals surface area contributed by atoms with E-state index in [1.807, 2.05) is 0 Å². The quantitative estimate of drug-likeness (QED) is 0.308. The van der Waals surface area contributed by atoms with Gasteiger partial charge in [-0.3, -0.25) is 14.9 Å². The fourth-order valence-electron chi connectivity index (χ4n) is 2.69. The molecule has 4 aromatic rings. The van der Waals surface area contributed by atoms with Gasteiger partial charge in [0.1, 0.15) is 0 Å². The third kappa shape index (κ3) is 4.16. The number of nitro groups is 1. The Balaban J connectivity index is 1.43. The third-order valence-electron chi connectivity index (χ3n) is 4.07. The van der Waals surface area contributed by atoms with Gasteiger partial charge in [0, 0.05) is 35.7 Å². The number of anilines is 1. The van der Waals surface area contributed by atoms with Gasteiger partial charge in [0.05, 0.1) is 4.92 Å². The molecule has 0 aliphatic carbocycles. The number of amides is 1. The molecule has 0 saturated heterocycles. The molecule has 0 saturated carbocycles. The van der Waals surface area contributed by atoms with Crippen molar-refractivity contribution in [3.05, 3.63) is 88.6 Å². The Hall–Kier alpha value is -4.33. The maximum absolute atomic E-state index is 12.1. The predicted octanol–water partition coefficient (Wildman–Crippen LogP) is 4.45. The van der Waals surface area contributed by atoms with E-state index in [1.165, 1.54) is 24.3 Å². The lowest BCUT2D eigenvalue weighted by molar-refractivity contribution is -0.384. The van der Waals surface area contributed by atoms with Crippen molar-refractivity contribution in [2.75, 3.05) is 5.32 Å². The van der Waals surface area contributed by atoms with E-state index in [0.29, 0.717) is 28.4 Å². The average Bonchev–Trinajstić information content (AvgIpc) is 3.17. The van der Waals surface area contributed by atoms with Crippen molar-refractivity contribution in [3.63, 3.8) is 0 Å². The number of oxazole rings is 1. The zero-order chi connectivity index (χ0) is 20.2. The minimum absolute atomic E-state index is 0.0301. The summed E-state index contributed by atoms with van der Waals surface area (Å²) >= 11 is 0. The van der Waals surface area contributed by atoms with Crippen molar-refractivity contribution in [2.45, 2.75) is 0 Å². The number of hydrogen-bond acceptors (Lipinski definition) is 6. The second-order valence-electron chi connectivity index (χ2n) is 6.10. The zero-order valence-corrected chi connectivity index (χ0v) is 15.0. The minimum atomic E-state index is -0.480. The van der Waals surface area contributed by atoms with Gasteiger partial charge in [0.2, 0.25) is 11.8 Å². The Morgan fingerprint density at radius 1 is 1.10 bits per heavy atom. The Labute approximate surface area is 164 Å². The number of pyridine rings is 1. The maximum atomic E-state index is 12.1. The summed E-state index contributed by atoms with van der Waals surface area (Å²) in [6.07, 6.45) is 4.48. The highest BCUT2D eigenvalue weighted by atomic mass is 16.6. The SMILES string of the molecule is O=C(/C=C/c1cccc([N+](=O)[O-])c1)Nc1ccc(-c2nc3ncccc3o2)cc1. The molecular weight excluding hydrogens is 372 g/mol. The molecule has 142 valence electrons. The second kappa shape index (κ2) is 7.73. The van der Waals surface area contributed by atoms with Crippen LogP contribution in [0, 0.1) is 10.1 Å². The largest absolute Gasteiger partial charge is 0.434 e. The summed E-state index contributed by atoms with van der Waals surface area (Å²) in [7, 11) is 0. The molecule has 2 aromatic carbocycles. The van der Waals surface area contributed by atoms with Crippen LogP contribution in [-0.2, 0) is 4.79 Å². The van der Waals surface area contributed by atoms with E-state index in [-0.39, 0.29) is 11.6 Å². The molecule has 8 nitrogen and oxygen atoms in total. The van der Waals surface area contributed by atoms with E-state index < -0.39 is 4.92 Å². The summed E-state index contributed by atoms with van der Waals surface area (Å²) in [6, 6.07) is 16.6. The third-order valence-corrected chi connectivity index (χ3v) is 4.07. The molecule has 0 unspecified atom stereocenters. The summed E-state index contributed by atoms with van der Waals surface area (Å²) in [5.41, 5.74) is 3.02. The summed E-state index contributed by atoms with van der Waals surface area (Å²) in [4.78, 5) is 30.9. The molecule has 2 heterocycles. The molecule has 0 fully saturated rings. The molecule has 8 heteroatoms. The monoisotopic (exact) mass is 386 g/mol. The number of carbonyl (C=O) groups is 1. The second-order valence-corrected chi connectivity index (χ2v) is 6.10. The molecule has 0 spiro atoms. The molecule has 0 aliphatic heterocycles. The molecule has 4 rings (SSSR count). The van der Waals surface area contributed by atoms with Crippen LogP contribution in [0.4, 0.5) is 11.4 Å². The van der Waals surface area contributed by atoms with Crippen molar-refractivity contribution < 1.29 is 14.1 Å². The van der Waals surface area contributed by atoms with Crippen LogP contribution in [0.15, 0.2) is 77.4 Å². The van der Waals surface area contributed by atoms with E-state index in [4.69, 9.17) is 4.42 Å². The molecule has 0 aliphatic rings. The predicted molar refractivity (Wildman–Crippen MR) is 108 cm³/mol. The van der Waals surface area contributed by atoms with Gasteiger partial charge in [-0.15, -0.1) is 0 Å². The molecule has 0 bridgehead atoms. The lowest BCUT2D eigenvalue weighted by Gasteiger charge is -2.03. The standard InChI is InChI=1S/C21H14N4O4/c26-19(11-6-14-3-1-4-17(13-14)25(27)28)23-16-9-7-15(8-10-16)21-24-20-18(29-21)5-2-12-22-20/h1-13H,(H,23,26)/b11-6+. The van der Waals surface area contributed by atoms with Crippen LogP contribution in [0.1, 0.15) is 5.56 Å². The highest BCUT2D eigenvalue weighted by Crippen LogP contribution is 2.24. The van der Waals surface area contributed by atoms with E-state index in [1.54, 1.807) is 54.7 Å². The lowest BCUT2D eigenvalue weighted by Crippen LogP contribution is -2.07. The summed E-state index contributed by atoms with van der Waals surface area (Å²) in [6.45, 7) is 0. The Kier molecular flexibility index (Phi) is 4.81. The number of non-ortho nitro benzene ring substituents is 1. The Morgan fingerprint density at radius 3 is 2.69 bits per heavy atom. The van der Waals surface area contributed by atoms with E-state index in [0.717, 1.165) is 5.56 Å². The van der Waals surface area contributed by atoms with E-state index in [9.17, 15) is 14.9 Å². The van der Waals surface area contributed by atoms with Crippen LogP contribution in [0.25, 0.3) is 28.8 Å². The van der Waals surface area contributed by atoms with Crippen molar-refractivity contribution in [1.29, 1.82) is 0 Å². The highest BCUT2D eigenvalue weighted by molar-refractivity contribution is 6.02. The first kappa shape index (κ1) is 18.1. The number of carbonyl (C=O) groups excluding carboxylic acids is 1. The topological polar surface area (TPSA) is 111 Å². The van der Waals surface area contributed by atoms with Crippen molar-refractivity contribution >= 4 is 34.6 Å². The first-order chi connectivity index (χ1) is 14.1. The zero-order valence-electron chi connectivity index (χ0n) is 15.0. The molecule has 2 aromatic heterocycles. The molecule has 0 radical (unpaired) electrons. The van der Waals surface area contributed by atoms with Gasteiger partial charge in [-0.25, -0.2) is 4.98 Å². The fourth-order valence-corrected chi connectivity index (χ4v) is 2.69. The van der Waals surface area contributed by atoms with E-state index >= 15 is 0 Å². The number of benzene rings is 2. The van der Waals surface area contributed by atoms with Crippen LogP contribution < -0.4 is 5.32 Å². The molecule has 29 heavy (non-hydrogen) atoms. The maximum Gasteiger partial charge on any atom is 0.270 e. The first-order valence-electron chi connectivity index (χ1n) is 8.64. The smallest absolute Gasteiger partial charge is 0.270 e. The van der Waals surface area contributed by atoms with Gasteiger partial charge in [-0.05, 0) is 48.0 Å². The number of nitrogens with zero attached hydrogens (tertiary/aromatic N) is 3. The number of nitro benzene ring substituents is 1. The van der Waals surface area contributed by atoms with Crippen LogP contribution in [0.3, 0.4) is 0 Å². The number of fused-ring (bicyclic) bond motifs is 1. The number of rotatable bonds is 5. The first-order valence-corrected chi connectivity index (χ1v) is 8.64. The molecular formula is C21H14N4O4. The summed E-state index contributed by atoms with van der Waals surface area (Å²) < 4.78 is 5.67. The van der Waals surface area contributed by atoms with Gasteiger partial charge in [-0.2, -0.15) is 4.98 Å². The highest BCUT2D eigenvalue weighted by Gasteiger charge is 2.09. The molecule has 1 amide bonds. The van der Waals surface area contributed by atoms with Crippen LogP contribution in [-0.4, -0.2) is 20.8 Å². The Bertz CT molecular complexity index is 1200.